The molecule has 0 unspecified atom stereocenters. The third kappa shape index (κ3) is 3.36. The average Bonchev–Trinajstić information content (AvgIpc) is 1.91. The van der Waals surface area contributed by atoms with Crippen molar-refractivity contribution in [3.8, 4) is 0 Å². The van der Waals surface area contributed by atoms with Gasteiger partial charge in [0.2, 0.25) is 0 Å². The van der Waals surface area contributed by atoms with Gasteiger partial charge >= 0.3 is 0 Å². The average molecular weight is 308 g/mol. The van der Waals surface area contributed by atoms with Gasteiger partial charge < -0.3 is 0 Å². The van der Waals surface area contributed by atoms with Gasteiger partial charge in [0.15, 0.2) is 0 Å². The molecule has 1 aliphatic rings. The first-order valence-corrected chi connectivity index (χ1v) is 2.49. The van der Waals surface area contributed by atoms with Gasteiger partial charge in [-0.15, -0.1) is 12.4 Å². The van der Waals surface area contributed by atoms with Gasteiger partial charge in [-0.3, -0.25) is 0 Å². The van der Waals surface area contributed by atoms with Gasteiger partial charge in [-0.25, -0.2) is 0 Å². The van der Waals surface area contributed by atoms with Gasteiger partial charge in [0.1, 0.15) is 0 Å². The van der Waals surface area contributed by atoms with Crippen LogP contribution in [-0.2, 0) is 25.8 Å². The number of halogens is 1. The third-order valence-electron chi connectivity index (χ3n) is 1.31. The zero-order valence-corrected chi connectivity index (χ0v) is 10.0. The number of allylic oxidation sites excluding steroid dienone is 4. The Morgan fingerprint density at radius 1 is 1.00 bits per heavy atom. The molecule has 0 heterocycles. The smallest absolute Gasteiger partial charge is 0.00562 e. The second-order valence-electron chi connectivity index (χ2n) is 1.89. The molecule has 0 bridgehead atoms. The molecule has 0 saturated heterocycles. The number of rotatable bonds is 0. The molecule has 0 spiro atoms. The van der Waals surface area contributed by atoms with Crippen molar-refractivity contribution in [3.63, 3.8) is 0 Å². The quantitative estimate of drug-likeness (QED) is 0.603. The maximum atomic E-state index is 2.12. The fourth-order valence-corrected chi connectivity index (χ4v) is 0.600. The molecule has 0 amide bonds. The molecule has 9 heavy (non-hydrogen) atoms. The van der Waals surface area contributed by atoms with Gasteiger partial charge in [-0.2, -0.15) is 0 Å². The Bertz CT molecular complexity index is 120. The van der Waals surface area contributed by atoms with Crippen molar-refractivity contribution in [2.75, 3.05) is 0 Å². The number of hydrogen-bond acceptors (Lipinski definition) is 0. The first-order chi connectivity index (χ1) is 3.30. The van der Waals surface area contributed by atoms with Crippen LogP contribution in [-0.4, -0.2) is 0 Å². The largest absolute Gasteiger partial charge is 0.147 e. The summed E-state index contributed by atoms with van der Waals surface area (Å²) in [5, 5.41) is 0. The SMILES string of the molecule is CC1=C[CH]C=C1C.Cl.[Hf]. The van der Waals surface area contributed by atoms with Gasteiger partial charge in [0.05, 0.1) is 0 Å². The molecule has 0 atom stereocenters. The van der Waals surface area contributed by atoms with Crippen LogP contribution in [0.4, 0.5) is 0 Å². The summed E-state index contributed by atoms with van der Waals surface area (Å²) in [6.45, 7) is 4.24. The predicted molar refractivity (Wildman–Crippen MR) is 39.1 cm³/mol. The Labute approximate surface area is 81.6 Å². The van der Waals surface area contributed by atoms with Gasteiger partial charge in [0.25, 0.3) is 0 Å². The fourth-order valence-electron chi connectivity index (χ4n) is 0.600. The van der Waals surface area contributed by atoms with Crippen LogP contribution in [0.1, 0.15) is 13.8 Å². The summed E-state index contributed by atoms with van der Waals surface area (Å²) < 4.78 is 0. The Morgan fingerprint density at radius 3 is 1.44 bits per heavy atom. The van der Waals surface area contributed by atoms with Crippen molar-refractivity contribution in [2.24, 2.45) is 0 Å². The van der Waals surface area contributed by atoms with Crippen LogP contribution >= 0.6 is 12.4 Å². The van der Waals surface area contributed by atoms with E-state index in [1.807, 2.05) is 0 Å². The molecular formula is C7H10ClHf. The van der Waals surface area contributed by atoms with Crippen LogP contribution in [0.15, 0.2) is 23.3 Å². The van der Waals surface area contributed by atoms with Crippen LogP contribution in [0.3, 0.4) is 0 Å². The molecule has 0 aromatic rings. The van der Waals surface area contributed by atoms with E-state index >= 15 is 0 Å². The van der Waals surface area contributed by atoms with E-state index in [2.05, 4.69) is 32.4 Å². The summed E-state index contributed by atoms with van der Waals surface area (Å²) >= 11 is 0. The summed E-state index contributed by atoms with van der Waals surface area (Å²) in [5.74, 6) is 0. The van der Waals surface area contributed by atoms with Crippen molar-refractivity contribution >= 4 is 12.4 Å². The Balaban J connectivity index is 0. The molecule has 0 aliphatic heterocycles. The molecule has 0 nitrogen and oxygen atoms in total. The molecule has 0 aromatic heterocycles. The van der Waals surface area contributed by atoms with E-state index in [-0.39, 0.29) is 38.3 Å². The maximum Gasteiger partial charge on any atom is 0.00562 e. The molecular weight excluding hydrogens is 298 g/mol. The molecule has 49 valence electrons. The molecule has 1 radical (unpaired) electrons. The normalized spacial score (nSPS) is 14.9. The fraction of sp³-hybridized carbons (Fsp3) is 0.286. The van der Waals surface area contributed by atoms with Crippen LogP contribution in [0.25, 0.3) is 0 Å². The zero-order chi connectivity index (χ0) is 5.28. The van der Waals surface area contributed by atoms with Crippen LogP contribution in [0.5, 0.6) is 0 Å². The van der Waals surface area contributed by atoms with E-state index in [1.54, 1.807) is 0 Å². The Morgan fingerprint density at radius 2 is 1.33 bits per heavy atom. The monoisotopic (exact) mass is 309 g/mol. The second-order valence-corrected chi connectivity index (χ2v) is 1.89. The summed E-state index contributed by atoms with van der Waals surface area (Å²) in [6, 6.07) is 0. The summed E-state index contributed by atoms with van der Waals surface area (Å²) in [7, 11) is 0. The minimum absolute atomic E-state index is 0. The van der Waals surface area contributed by atoms with Crippen LogP contribution in [0, 0.1) is 6.42 Å². The second kappa shape index (κ2) is 5.43. The molecule has 1 rings (SSSR count). The predicted octanol–water partition coefficient (Wildman–Crippen LogP) is 2.52. The third-order valence-corrected chi connectivity index (χ3v) is 1.31. The molecule has 0 fully saturated rings. The van der Waals surface area contributed by atoms with Crippen molar-refractivity contribution in [1.29, 1.82) is 0 Å². The van der Waals surface area contributed by atoms with Crippen LogP contribution < -0.4 is 0 Å². The van der Waals surface area contributed by atoms with E-state index in [1.165, 1.54) is 11.1 Å². The van der Waals surface area contributed by atoms with E-state index in [4.69, 9.17) is 0 Å². The van der Waals surface area contributed by atoms with Gasteiger partial charge in [0, 0.05) is 32.3 Å². The first-order valence-electron chi connectivity index (χ1n) is 2.49. The van der Waals surface area contributed by atoms with Crippen molar-refractivity contribution in [3.05, 3.63) is 29.7 Å². The summed E-state index contributed by atoms with van der Waals surface area (Å²) in [5.41, 5.74) is 2.78. The molecule has 0 saturated carbocycles. The summed E-state index contributed by atoms with van der Waals surface area (Å²) in [4.78, 5) is 0. The van der Waals surface area contributed by atoms with E-state index < -0.39 is 0 Å². The zero-order valence-electron chi connectivity index (χ0n) is 5.64. The Kier molecular flexibility index (Phi) is 7.43. The summed E-state index contributed by atoms with van der Waals surface area (Å²) in [6.07, 6.45) is 6.31. The van der Waals surface area contributed by atoms with Crippen molar-refractivity contribution < 1.29 is 25.8 Å². The van der Waals surface area contributed by atoms with E-state index in [0.717, 1.165) is 0 Å². The topological polar surface area (TPSA) is 0 Å². The van der Waals surface area contributed by atoms with Crippen molar-refractivity contribution in [2.45, 2.75) is 13.8 Å². The molecule has 1 aliphatic carbocycles. The number of hydrogen-bond donors (Lipinski definition) is 0. The van der Waals surface area contributed by atoms with Gasteiger partial charge in [-0.1, -0.05) is 23.3 Å². The minimum Gasteiger partial charge on any atom is -0.147 e. The minimum atomic E-state index is 0. The molecule has 0 aromatic carbocycles. The molecule has 0 N–H and O–H groups in total. The van der Waals surface area contributed by atoms with Crippen molar-refractivity contribution in [1.82, 2.24) is 0 Å². The first kappa shape index (κ1) is 12.3. The van der Waals surface area contributed by atoms with Crippen LogP contribution in [0.2, 0.25) is 0 Å². The van der Waals surface area contributed by atoms with E-state index in [0.29, 0.717) is 0 Å². The van der Waals surface area contributed by atoms with E-state index in [9.17, 15) is 0 Å². The maximum absolute atomic E-state index is 2.12. The van der Waals surface area contributed by atoms with Gasteiger partial charge in [-0.05, 0) is 13.8 Å². The Hall–Kier alpha value is 0.640. The standard InChI is InChI=1S/C7H9.ClH.Hf/c1-6-4-3-5-7(6)2;;/h3-5H,1-2H3;1H;. The molecule has 2 heteroatoms.